The lowest BCUT2D eigenvalue weighted by atomic mass is 10.1. The maximum atomic E-state index is 9.35. The monoisotopic (exact) mass is 215 g/mol. The Bertz CT molecular complexity index is 494. The zero-order chi connectivity index (χ0) is 11.5. The molecular formula is C12H13N3O. The van der Waals surface area contributed by atoms with Crippen molar-refractivity contribution in [3.8, 4) is 5.88 Å². The van der Waals surface area contributed by atoms with Gasteiger partial charge in [0.05, 0.1) is 6.20 Å². The van der Waals surface area contributed by atoms with E-state index in [1.165, 1.54) is 11.8 Å². The van der Waals surface area contributed by atoms with Gasteiger partial charge in [0.15, 0.2) is 0 Å². The first-order valence-electron chi connectivity index (χ1n) is 5.01. The van der Waals surface area contributed by atoms with Gasteiger partial charge in [0, 0.05) is 6.42 Å². The van der Waals surface area contributed by atoms with E-state index < -0.39 is 0 Å². The van der Waals surface area contributed by atoms with Crippen molar-refractivity contribution in [2.24, 2.45) is 0 Å². The van der Waals surface area contributed by atoms with E-state index in [0.717, 1.165) is 5.56 Å². The molecule has 1 aromatic carbocycles. The number of aromatic nitrogens is 2. The van der Waals surface area contributed by atoms with Crippen LogP contribution in [0.3, 0.4) is 0 Å². The van der Waals surface area contributed by atoms with Gasteiger partial charge in [-0.3, -0.25) is 0 Å². The maximum absolute atomic E-state index is 9.35. The molecule has 0 saturated heterocycles. The van der Waals surface area contributed by atoms with E-state index in [1.807, 2.05) is 31.2 Å². The topological polar surface area (TPSA) is 72.0 Å². The largest absolute Gasteiger partial charge is 0.492 e. The van der Waals surface area contributed by atoms with Crippen molar-refractivity contribution in [3.63, 3.8) is 0 Å². The van der Waals surface area contributed by atoms with Crippen LogP contribution in [0.4, 0.5) is 5.69 Å². The molecule has 1 aromatic heterocycles. The second kappa shape index (κ2) is 4.18. The molecule has 0 radical (unpaired) electrons. The molecule has 4 heteroatoms. The van der Waals surface area contributed by atoms with Crippen molar-refractivity contribution in [3.05, 3.63) is 47.4 Å². The molecule has 4 nitrogen and oxygen atoms in total. The van der Waals surface area contributed by atoms with E-state index in [-0.39, 0.29) is 11.6 Å². The smallest absolute Gasteiger partial charge is 0.238 e. The van der Waals surface area contributed by atoms with E-state index >= 15 is 0 Å². The molecule has 0 aliphatic carbocycles. The summed E-state index contributed by atoms with van der Waals surface area (Å²) in [5.41, 5.74) is 7.95. The molecule has 3 N–H and O–H groups in total. The number of anilines is 1. The van der Waals surface area contributed by atoms with Gasteiger partial charge < -0.3 is 10.8 Å². The third-order valence-corrected chi connectivity index (χ3v) is 2.33. The molecule has 0 aliphatic heterocycles. The Balaban J connectivity index is 2.20. The summed E-state index contributed by atoms with van der Waals surface area (Å²) in [7, 11) is 0. The molecule has 0 unspecified atom stereocenters. The number of nitrogen functional groups attached to an aromatic ring is 1. The molecule has 16 heavy (non-hydrogen) atoms. The predicted octanol–water partition coefficient (Wildman–Crippen LogP) is 1.66. The number of rotatable bonds is 2. The van der Waals surface area contributed by atoms with E-state index in [4.69, 9.17) is 5.73 Å². The SMILES string of the molecule is Cc1ccc(Cc2ncc(N)c(O)n2)cc1. The third-order valence-electron chi connectivity index (χ3n) is 2.33. The minimum absolute atomic E-state index is 0.155. The van der Waals surface area contributed by atoms with Crippen LogP contribution < -0.4 is 5.73 Å². The Morgan fingerprint density at radius 1 is 1.25 bits per heavy atom. The summed E-state index contributed by atoms with van der Waals surface area (Å²) in [6.07, 6.45) is 2.01. The first kappa shape index (κ1) is 10.4. The van der Waals surface area contributed by atoms with Crippen molar-refractivity contribution in [2.45, 2.75) is 13.3 Å². The first-order chi connectivity index (χ1) is 7.65. The number of aromatic hydroxyl groups is 1. The van der Waals surface area contributed by atoms with Crippen LogP contribution in [0.5, 0.6) is 5.88 Å². The molecule has 0 spiro atoms. The standard InChI is InChI=1S/C12H13N3O/c1-8-2-4-9(5-3-8)6-11-14-7-10(13)12(16)15-11/h2-5,7H,6,13H2,1H3,(H,14,15,16). The predicted molar refractivity (Wildman–Crippen MR) is 62.1 cm³/mol. The third kappa shape index (κ3) is 2.28. The molecule has 0 fully saturated rings. The zero-order valence-corrected chi connectivity index (χ0v) is 9.01. The van der Waals surface area contributed by atoms with Crippen molar-refractivity contribution in [1.29, 1.82) is 0 Å². The van der Waals surface area contributed by atoms with Gasteiger partial charge in [0.1, 0.15) is 11.5 Å². The number of nitrogens with zero attached hydrogens (tertiary/aromatic N) is 2. The Labute approximate surface area is 93.8 Å². The lowest BCUT2D eigenvalue weighted by molar-refractivity contribution is 0.452. The highest BCUT2D eigenvalue weighted by atomic mass is 16.3. The fourth-order valence-electron chi connectivity index (χ4n) is 1.39. The Hall–Kier alpha value is -2.10. The van der Waals surface area contributed by atoms with Crippen molar-refractivity contribution < 1.29 is 5.11 Å². The fraction of sp³-hybridized carbons (Fsp3) is 0.167. The van der Waals surface area contributed by atoms with Crippen LogP contribution in [-0.2, 0) is 6.42 Å². The molecule has 2 rings (SSSR count). The molecule has 0 saturated carbocycles. The van der Waals surface area contributed by atoms with Crippen LogP contribution in [0.1, 0.15) is 17.0 Å². The van der Waals surface area contributed by atoms with Crippen LogP contribution in [0, 0.1) is 6.92 Å². The Morgan fingerprint density at radius 2 is 1.94 bits per heavy atom. The highest BCUT2D eigenvalue weighted by Gasteiger charge is 2.03. The van der Waals surface area contributed by atoms with Crippen LogP contribution >= 0.6 is 0 Å². The Morgan fingerprint density at radius 3 is 2.56 bits per heavy atom. The quantitative estimate of drug-likeness (QED) is 0.799. The van der Waals surface area contributed by atoms with Gasteiger partial charge in [-0.2, -0.15) is 4.98 Å². The highest BCUT2D eigenvalue weighted by molar-refractivity contribution is 5.44. The average molecular weight is 215 g/mol. The summed E-state index contributed by atoms with van der Waals surface area (Å²) >= 11 is 0. The Kier molecular flexibility index (Phi) is 2.72. The summed E-state index contributed by atoms with van der Waals surface area (Å²) in [5, 5.41) is 9.35. The number of hydrogen-bond donors (Lipinski definition) is 2. The summed E-state index contributed by atoms with van der Waals surface area (Å²) in [6, 6.07) is 8.11. The van der Waals surface area contributed by atoms with Crippen LogP contribution in [0.25, 0.3) is 0 Å². The minimum atomic E-state index is -0.155. The normalized spacial score (nSPS) is 10.3. The molecule has 1 heterocycles. The first-order valence-corrected chi connectivity index (χ1v) is 5.01. The van der Waals surface area contributed by atoms with Crippen LogP contribution in [-0.4, -0.2) is 15.1 Å². The number of nitrogens with two attached hydrogens (primary N) is 1. The van der Waals surface area contributed by atoms with Gasteiger partial charge in [-0.15, -0.1) is 0 Å². The fourth-order valence-corrected chi connectivity index (χ4v) is 1.39. The lowest BCUT2D eigenvalue weighted by Crippen LogP contribution is -1.99. The van der Waals surface area contributed by atoms with Crippen LogP contribution in [0.2, 0.25) is 0 Å². The van der Waals surface area contributed by atoms with Gasteiger partial charge >= 0.3 is 0 Å². The number of aryl methyl sites for hydroxylation is 1. The lowest BCUT2D eigenvalue weighted by Gasteiger charge is -2.03. The summed E-state index contributed by atoms with van der Waals surface area (Å²) in [5.74, 6) is 0.410. The van der Waals surface area contributed by atoms with Crippen LogP contribution in [0.15, 0.2) is 30.5 Å². The van der Waals surface area contributed by atoms with Gasteiger partial charge in [0.25, 0.3) is 0 Å². The molecule has 2 aromatic rings. The highest BCUT2D eigenvalue weighted by Crippen LogP contribution is 2.15. The maximum Gasteiger partial charge on any atom is 0.238 e. The van der Waals surface area contributed by atoms with Crippen molar-refractivity contribution in [1.82, 2.24) is 9.97 Å². The molecule has 82 valence electrons. The van der Waals surface area contributed by atoms with Gasteiger partial charge in [0.2, 0.25) is 5.88 Å². The van der Waals surface area contributed by atoms with E-state index in [0.29, 0.717) is 12.2 Å². The molecular weight excluding hydrogens is 202 g/mol. The van der Waals surface area contributed by atoms with Crippen molar-refractivity contribution in [2.75, 3.05) is 5.73 Å². The van der Waals surface area contributed by atoms with Crippen molar-refractivity contribution >= 4 is 5.69 Å². The summed E-state index contributed by atoms with van der Waals surface area (Å²) in [6.45, 7) is 2.04. The second-order valence-corrected chi connectivity index (χ2v) is 3.73. The second-order valence-electron chi connectivity index (χ2n) is 3.73. The molecule has 0 atom stereocenters. The molecule has 0 bridgehead atoms. The summed E-state index contributed by atoms with van der Waals surface area (Å²) in [4.78, 5) is 7.97. The zero-order valence-electron chi connectivity index (χ0n) is 9.01. The minimum Gasteiger partial charge on any atom is -0.492 e. The summed E-state index contributed by atoms with van der Waals surface area (Å²) < 4.78 is 0. The van der Waals surface area contributed by atoms with Gasteiger partial charge in [-0.05, 0) is 12.5 Å². The number of hydrogen-bond acceptors (Lipinski definition) is 4. The average Bonchev–Trinajstić information content (AvgIpc) is 2.27. The van der Waals surface area contributed by atoms with E-state index in [9.17, 15) is 5.11 Å². The number of benzene rings is 1. The van der Waals surface area contributed by atoms with Gasteiger partial charge in [-0.25, -0.2) is 4.98 Å². The van der Waals surface area contributed by atoms with E-state index in [2.05, 4.69) is 9.97 Å². The molecule has 0 amide bonds. The van der Waals surface area contributed by atoms with E-state index in [1.54, 1.807) is 0 Å². The van der Waals surface area contributed by atoms with Gasteiger partial charge in [-0.1, -0.05) is 29.8 Å². The molecule has 0 aliphatic rings.